The fourth-order valence-electron chi connectivity index (χ4n) is 2.09. The molecule has 6 heteroatoms. The molecule has 0 saturated carbocycles. The smallest absolute Gasteiger partial charge is 0.126 e. The molecule has 0 amide bonds. The average Bonchev–Trinajstić information content (AvgIpc) is 2.38. The second kappa shape index (κ2) is 5.69. The Bertz CT molecular complexity index is 453. The average molecular weight is 314 g/mol. The molecule has 1 aliphatic heterocycles. The van der Waals surface area contributed by atoms with Gasteiger partial charge in [-0.15, -0.1) is 0 Å². The van der Waals surface area contributed by atoms with Crippen LogP contribution in [0.3, 0.4) is 0 Å². The zero-order chi connectivity index (χ0) is 13.1. The summed E-state index contributed by atoms with van der Waals surface area (Å²) in [6.07, 6.45) is -0.183. The Morgan fingerprint density at radius 3 is 3.06 bits per heavy atom. The third-order valence-corrected chi connectivity index (χ3v) is 3.60. The van der Waals surface area contributed by atoms with Crippen LogP contribution in [0.2, 0.25) is 0 Å². The molecular weight excluding hydrogens is 298 g/mol. The molecule has 1 aromatic rings. The number of amidine groups is 1. The van der Waals surface area contributed by atoms with Crippen LogP contribution in [-0.2, 0) is 4.74 Å². The van der Waals surface area contributed by atoms with E-state index in [2.05, 4.69) is 20.8 Å². The van der Waals surface area contributed by atoms with Crippen molar-refractivity contribution in [2.45, 2.75) is 6.10 Å². The number of aliphatic hydroxyl groups excluding tert-OH is 1. The Balaban J connectivity index is 2.32. The summed E-state index contributed by atoms with van der Waals surface area (Å²) < 4.78 is 6.23. The van der Waals surface area contributed by atoms with Crippen LogP contribution in [-0.4, -0.2) is 43.3 Å². The lowest BCUT2D eigenvalue weighted by molar-refractivity contribution is 0.00356. The first-order valence-electron chi connectivity index (χ1n) is 5.73. The van der Waals surface area contributed by atoms with Crippen molar-refractivity contribution in [1.82, 2.24) is 0 Å². The number of aliphatic hydroxyl groups is 1. The van der Waals surface area contributed by atoms with Gasteiger partial charge in [-0.3, -0.25) is 5.41 Å². The van der Waals surface area contributed by atoms with Crippen LogP contribution in [0.1, 0.15) is 5.56 Å². The van der Waals surface area contributed by atoms with Gasteiger partial charge in [-0.2, -0.15) is 0 Å². The standard InChI is InChI=1S/C12H16BrN3O2/c13-9-2-1-3-10(11(9)12(14)15)16-4-5-18-8(6-16)7-17/h1-3,8,17H,4-7H2,(H3,14,15). The first kappa shape index (κ1) is 13.3. The third kappa shape index (κ3) is 2.66. The van der Waals surface area contributed by atoms with Gasteiger partial charge in [-0.1, -0.05) is 6.07 Å². The molecule has 0 radical (unpaired) electrons. The Kier molecular flexibility index (Phi) is 4.21. The second-order valence-corrected chi connectivity index (χ2v) is 5.02. The predicted molar refractivity (Wildman–Crippen MR) is 74.2 cm³/mol. The van der Waals surface area contributed by atoms with Crippen LogP contribution < -0.4 is 10.6 Å². The molecule has 0 aromatic heterocycles. The van der Waals surface area contributed by atoms with Gasteiger partial charge in [-0.25, -0.2) is 0 Å². The molecule has 1 aliphatic rings. The Morgan fingerprint density at radius 1 is 1.61 bits per heavy atom. The molecule has 0 aliphatic carbocycles. The maximum Gasteiger partial charge on any atom is 0.126 e. The molecule has 1 saturated heterocycles. The molecule has 4 N–H and O–H groups in total. The summed E-state index contributed by atoms with van der Waals surface area (Å²) in [4.78, 5) is 2.09. The monoisotopic (exact) mass is 313 g/mol. The minimum atomic E-state index is -0.183. The van der Waals surface area contributed by atoms with Crippen molar-refractivity contribution in [3.63, 3.8) is 0 Å². The van der Waals surface area contributed by atoms with Crippen molar-refractivity contribution in [2.24, 2.45) is 5.73 Å². The van der Waals surface area contributed by atoms with Crippen LogP contribution in [0, 0.1) is 5.41 Å². The zero-order valence-electron chi connectivity index (χ0n) is 9.90. The van der Waals surface area contributed by atoms with Crippen molar-refractivity contribution in [3.05, 3.63) is 28.2 Å². The minimum Gasteiger partial charge on any atom is -0.394 e. The molecule has 5 nitrogen and oxygen atoms in total. The van der Waals surface area contributed by atoms with Gasteiger partial charge in [0, 0.05) is 23.2 Å². The lowest BCUT2D eigenvalue weighted by atomic mass is 10.1. The van der Waals surface area contributed by atoms with Crippen LogP contribution in [0.15, 0.2) is 22.7 Å². The van der Waals surface area contributed by atoms with Crippen molar-refractivity contribution in [1.29, 1.82) is 5.41 Å². The number of halogens is 1. The highest BCUT2D eigenvalue weighted by molar-refractivity contribution is 9.10. The van der Waals surface area contributed by atoms with Gasteiger partial charge in [0.05, 0.1) is 24.9 Å². The zero-order valence-corrected chi connectivity index (χ0v) is 11.5. The summed E-state index contributed by atoms with van der Waals surface area (Å²) in [6.45, 7) is 1.90. The van der Waals surface area contributed by atoms with E-state index in [9.17, 15) is 0 Å². The Labute approximate surface area is 114 Å². The number of hydrogen-bond donors (Lipinski definition) is 3. The highest BCUT2D eigenvalue weighted by atomic mass is 79.9. The second-order valence-electron chi connectivity index (χ2n) is 4.17. The number of morpholine rings is 1. The highest BCUT2D eigenvalue weighted by Gasteiger charge is 2.23. The predicted octanol–water partition coefficient (Wildman–Crippen LogP) is 0.931. The summed E-state index contributed by atoms with van der Waals surface area (Å²) >= 11 is 3.42. The van der Waals surface area contributed by atoms with E-state index < -0.39 is 0 Å². The lowest BCUT2D eigenvalue weighted by Gasteiger charge is -2.35. The van der Waals surface area contributed by atoms with Crippen molar-refractivity contribution >= 4 is 27.5 Å². The minimum absolute atomic E-state index is 0.0000913. The molecule has 0 bridgehead atoms. The maximum absolute atomic E-state index is 9.16. The van der Waals surface area contributed by atoms with Gasteiger partial charge in [0.1, 0.15) is 5.84 Å². The van der Waals surface area contributed by atoms with Crippen LogP contribution in [0.25, 0.3) is 0 Å². The SMILES string of the molecule is N=C(N)c1c(Br)cccc1N1CCOC(CO)C1. The van der Waals surface area contributed by atoms with E-state index >= 15 is 0 Å². The van der Waals surface area contributed by atoms with Gasteiger partial charge in [-0.05, 0) is 28.1 Å². The fourth-order valence-corrected chi connectivity index (χ4v) is 2.66. The number of nitrogens with two attached hydrogens (primary N) is 1. The number of nitrogens with zero attached hydrogens (tertiary/aromatic N) is 1. The van der Waals surface area contributed by atoms with Gasteiger partial charge in [0.15, 0.2) is 0 Å². The number of hydrogen-bond acceptors (Lipinski definition) is 4. The number of ether oxygens (including phenoxy) is 1. The lowest BCUT2D eigenvalue weighted by Crippen LogP contribution is -2.44. The van der Waals surface area contributed by atoms with Crippen LogP contribution in [0.4, 0.5) is 5.69 Å². The van der Waals surface area contributed by atoms with Gasteiger partial charge in [0.2, 0.25) is 0 Å². The largest absolute Gasteiger partial charge is 0.394 e. The van der Waals surface area contributed by atoms with Gasteiger partial charge in [0.25, 0.3) is 0 Å². The number of rotatable bonds is 3. The number of anilines is 1. The van der Waals surface area contributed by atoms with Gasteiger partial charge >= 0.3 is 0 Å². The first-order valence-corrected chi connectivity index (χ1v) is 6.53. The first-order chi connectivity index (χ1) is 8.63. The summed E-state index contributed by atoms with van der Waals surface area (Å²) in [6, 6.07) is 5.71. The maximum atomic E-state index is 9.16. The van der Waals surface area contributed by atoms with E-state index in [1.807, 2.05) is 18.2 Å². The molecule has 1 aromatic carbocycles. The van der Waals surface area contributed by atoms with E-state index in [4.69, 9.17) is 21.0 Å². The molecule has 1 unspecified atom stereocenters. The summed E-state index contributed by atoms with van der Waals surface area (Å²) in [5.41, 5.74) is 7.23. The molecule has 18 heavy (non-hydrogen) atoms. The Hall–Kier alpha value is -1.11. The van der Waals surface area contributed by atoms with Crippen molar-refractivity contribution in [3.8, 4) is 0 Å². The number of benzene rings is 1. The Morgan fingerprint density at radius 2 is 2.39 bits per heavy atom. The van der Waals surface area contributed by atoms with E-state index in [0.717, 1.165) is 16.7 Å². The molecular formula is C12H16BrN3O2. The molecule has 98 valence electrons. The quantitative estimate of drug-likeness (QED) is 0.572. The van der Waals surface area contributed by atoms with E-state index in [-0.39, 0.29) is 18.5 Å². The molecule has 1 atom stereocenters. The highest BCUT2D eigenvalue weighted by Crippen LogP contribution is 2.28. The summed E-state index contributed by atoms with van der Waals surface area (Å²) in [7, 11) is 0. The molecule has 2 rings (SSSR count). The number of nitrogens with one attached hydrogen (secondary N) is 1. The topological polar surface area (TPSA) is 82.6 Å². The van der Waals surface area contributed by atoms with E-state index in [1.54, 1.807) is 0 Å². The van der Waals surface area contributed by atoms with Crippen molar-refractivity contribution < 1.29 is 9.84 Å². The molecule has 1 fully saturated rings. The van der Waals surface area contributed by atoms with Gasteiger partial charge < -0.3 is 20.5 Å². The van der Waals surface area contributed by atoms with Crippen molar-refractivity contribution in [2.75, 3.05) is 31.2 Å². The van der Waals surface area contributed by atoms with E-state index in [1.165, 1.54) is 0 Å². The fraction of sp³-hybridized carbons (Fsp3) is 0.417. The van der Waals surface area contributed by atoms with Crippen LogP contribution >= 0.6 is 15.9 Å². The molecule has 0 spiro atoms. The number of nitrogen functional groups attached to an aromatic ring is 1. The normalized spacial score (nSPS) is 19.9. The van der Waals surface area contributed by atoms with Crippen LogP contribution in [0.5, 0.6) is 0 Å². The summed E-state index contributed by atoms with van der Waals surface area (Å²) in [5.74, 6) is 0.0320. The van der Waals surface area contributed by atoms with E-state index in [0.29, 0.717) is 18.7 Å². The molecule has 1 heterocycles. The summed E-state index contributed by atoms with van der Waals surface area (Å²) in [5, 5.41) is 16.8. The third-order valence-electron chi connectivity index (χ3n) is 2.94.